The van der Waals surface area contributed by atoms with E-state index in [-0.39, 0.29) is 32.9 Å². The van der Waals surface area contributed by atoms with Crippen LogP contribution in [0.4, 0.5) is 5.13 Å². The lowest BCUT2D eigenvalue weighted by Crippen LogP contribution is -2.72. The maximum Gasteiger partial charge on any atom is 0.352 e. The molecule has 16 heteroatoms. The van der Waals surface area contributed by atoms with Gasteiger partial charge in [0.15, 0.2) is 15.2 Å². The number of nitrogens with one attached hydrogen (secondary N) is 1. The van der Waals surface area contributed by atoms with Crippen LogP contribution in [-0.4, -0.2) is 79.5 Å². The summed E-state index contributed by atoms with van der Waals surface area (Å²) in [5, 5.41) is 27.1. The Kier molecular flexibility index (Phi) is 7.28. The zero-order chi connectivity index (χ0) is 26.1. The molecule has 0 spiro atoms. The van der Waals surface area contributed by atoms with Crippen molar-refractivity contribution in [1.82, 2.24) is 20.2 Å². The number of aromatic carboxylic acids is 1. The number of oxime groups is 1. The fourth-order valence-corrected chi connectivity index (χ4v) is 6.59. The largest absolute Gasteiger partial charge is 0.477 e. The van der Waals surface area contributed by atoms with E-state index in [4.69, 9.17) is 10.6 Å². The summed E-state index contributed by atoms with van der Waals surface area (Å²) < 4.78 is 0.497. The quantitative estimate of drug-likeness (QED) is 0.151. The van der Waals surface area contributed by atoms with Crippen LogP contribution in [0.5, 0.6) is 0 Å². The van der Waals surface area contributed by atoms with E-state index in [0.29, 0.717) is 28.4 Å². The number of β-lactam (4-membered cyclic amide) rings is 1. The van der Waals surface area contributed by atoms with Crippen LogP contribution in [0.3, 0.4) is 0 Å². The first kappa shape index (κ1) is 25.6. The van der Waals surface area contributed by atoms with Gasteiger partial charge in [-0.15, -0.1) is 22.7 Å². The van der Waals surface area contributed by atoms with E-state index in [1.165, 1.54) is 29.2 Å². The third-order valence-electron chi connectivity index (χ3n) is 5.53. The number of nitrogens with zero attached hydrogens (tertiary/aromatic N) is 4. The van der Waals surface area contributed by atoms with Crippen LogP contribution in [0.1, 0.15) is 33.9 Å². The standard InChI is InChI=1S/C20H20N6O7S3/c1-7-14(18(31)32)36-20(22-7)35-5-8-3-4-10-12(16(28)26(10)13(8)17(29)30)24-15(27)11(25-33-2)9-6-34-19(21)23-9/h6,10,12H,3-5H2,1-2H3,(H2,21,23)(H,24,27)(H,29,30)(H,31,32)/b25-11+/t10-,12+/m0/s1. The number of aromatic nitrogens is 2. The molecule has 0 saturated carbocycles. The molecule has 0 bridgehead atoms. The van der Waals surface area contributed by atoms with Gasteiger partial charge in [-0.1, -0.05) is 16.9 Å². The van der Waals surface area contributed by atoms with Crippen LogP contribution in [0.15, 0.2) is 26.1 Å². The molecule has 0 radical (unpaired) electrons. The number of carbonyl (C=O) groups excluding carboxylic acids is 2. The molecule has 4 rings (SSSR count). The Morgan fingerprint density at radius 3 is 2.67 bits per heavy atom. The van der Waals surface area contributed by atoms with E-state index in [1.54, 1.807) is 6.92 Å². The molecule has 1 fully saturated rings. The summed E-state index contributed by atoms with van der Waals surface area (Å²) in [6.07, 6.45) is 0.814. The predicted molar refractivity (Wildman–Crippen MR) is 131 cm³/mol. The van der Waals surface area contributed by atoms with Crippen LogP contribution in [-0.2, 0) is 19.2 Å². The zero-order valence-electron chi connectivity index (χ0n) is 18.9. The molecule has 13 nitrogen and oxygen atoms in total. The first-order valence-electron chi connectivity index (χ1n) is 10.4. The molecule has 190 valence electrons. The summed E-state index contributed by atoms with van der Waals surface area (Å²) in [5.74, 6) is -3.35. The summed E-state index contributed by atoms with van der Waals surface area (Å²) in [6.45, 7) is 1.59. The molecule has 36 heavy (non-hydrogen) atoms. The maximum absolute atomic E-state index is 12.9. The van der Waals surface area contributed by atoms with Crippen molar-refractivity contribution in [2.75, 3.05) is 18.6 Å². The number of nitrogens with two attached hydrogens (primary N) is 1. The minimum Gasteiger partial charge on any atom is -0.477 e. The number of hydrogen-bond donors (Lipinski definition) is 4. The summed E-state index contributed by atoms with van der Waals surface area (Å²) in [4.78, 5) is 63.4. The van der Waals surface area contributed by atoms with Gasteiger partial charge in [-0.05, 0) is 25.3 Å². The number of aliphatic carboxylic acids is 1. The number of carboxylic acids is 2. The lowest BCUT2D eigenvalue weighted by molar-refractivity contribution is -0.155. The van der Waals surface area contributed by atoms with Crippen LogP contribution < -0.4 is 11.1 Å². The van der Waals surface area contributed by atoms with Crippen LogP contribution in [0.25, 0.3) is 0 Å². The zero-order valence-corrected chi connectivity index (χ0v) is 21.3. The Hall–Kier alpha value is -3.50. The van der Waals surface area contributed by atoms with Gasteiger partial charge in [0, 0.05) is 11.1 Å². The molecule has 2 aromatic rings. The molecule has 0 aromatic carbocycles. The fourth-order valence-electron chi connectivity index (χ4n) is 3.96. The predicted octanol–water partition coefficient (Wildman–Crippen LogP) is 1.16. The Bertz CT molecular complexity index is 1320. The third kappa shape index (κ3) is 4.78. The van der Waals surface area contributed by atoms with Gasteiger partial charge in [-0.2, -0.15) is 0 Å². The highest BCUT2D eigenvalue weighted by molar-refractivity contribution is 8.01. The number of aryl methyl sites for hydroxylation is 1. The van der Waals surface area contributed by atoms with E-state index in [0.717, 1.165) is 22.7 Å². The highest BCUT2D eigenvalue weighted by Crippen LogP contribution is 2.39. The number of hydrogen-bond acceptors (Lipinski definition) is 12. The van der Waals surface area contributed by atoms with Gasteiger partial charge in [0.05, 0.1) is 11.7 Å². The van der Waals surface area contributed by atoms with E-state index in [2.05, 4.69) is 20.4 Å². The Morgan fingerprint density at radius 2 is 2.08 bits per heavy atom. The van der Waals surface area contributed by atoms with Gasteiger partial charge in [-0.3, -0.25) is 14.5 Å². The molecular formula is C20H20N6O7S3. The second kappa shape index (κ2) is 10.2. The van der Waals surface area contributed by atoms with Crippen molar-refractivity contribution in [3.63, 3.8) is 0 Å². The van der Waals surface area contributed by atoms with Crippen molar-refractivity contribution in [2.45, 2.75) is 36.2 Å². The normalized spacial score (nSPS) is 19.6. The van der Waals surface area contributed by atoms with Gasteiger partial charge in [0.1, 0.15) is 29.4 Å². The average Bonchev–Trinajstić information content (AvgIpc) is 3.43. The summed E-state index contributed by atoms with van der Waals surface area (Å²) >= 11 is 3.35. The lowest BCUT2D eigenvalue weighted by Gasteiger charge is -2.50. The highest BCUT2D eigenvalue weighted by Gasteiger charge is 2.53. The van der Waals surface area contributed by atoms with Crippen molar-refractivity contribution in [1.29, 1.82) is 0 Å². The maximum atomic E-state index is 12.9. The van der Waals surface area contributed by atoms with Gasteiger partial charge in [-0.25, -0.2) is 19.6 Å². The highest BCUT2D eigenvalue weighted by atomic mass is 32.2. The number of thioether (sulfide) groups is 1. The number of fused-ring (bicyclic) bond motifs is 1. The molecule has 2 amide bonds. The molecule has 2 aliphatic heterocycles. The monoisotopic (exact) mass is 552 g/mol. The van der Waals surface area contributed by atoms with Crippen molar-refractivity contribution in [2.24, 2.45) is 5.16 Å². The topological polar surface area (TPSA) is 197 Å². The second-order valence-electron chi connectivity index (χ2n) is 7.70. The molecule has 2 atom stereocenters. The number of amides is 2. The number of carbonyl (C=O) groups is 4. The molecule has 4 heterocycles. The van der Waals surface area contributed by atoms with Crippen molar-refractivity contribution < 1.29 is 34.2 Å². The lowest BCUT2D eigenvalue weighted by atomic mass is 9.83. The first-order valence-corrected chi connectivity index (χ1v) is 13.1. The Labute approximate surface area is 216 Å². The molecular weight excluding hydrogens is 532 g/mol. The number of anilines is 1. The minimum atomic E-state index is -1.26. The van der Waals surface area contributed by atoms with Crippen molar-refractivity contribution in [3.8, 4) is 0 Å². The smallest absolute Gasteiger partial charge is 0.352 e. The minimum absolute atomic E-state index is 0.126. The number of nitrogen functional groups attached to an aromatic ring is 1. The molecule has 5 N–H and O–H groups in total. The van der Waals surface area contributed by atoms with E-state index < -0.39 is 35.8 Å². The van der Waals surface area contributed by atoms with E-state index >= 15 is 0 Å². The van der Waals surface area contributed by atoms with E-state index in [1.807, 2.05) is 0 Å². The third-order valence-corrected chi connectivity index (χ3v) is 8.58. The Balaban J connectivity index is 1.49. The van der Waals surface area contributed by atoms with Crippen molar-refractivity contribution >= 4 is 69.0 Å². The van der Waals surface area contributed by atoms with Crippen LogP contribution in [0.2, 0.25) is 0 Å². The number of thiazole rings is 2. The summed E-state index contributed by atoms with van der Waals surface area (Å²) in [5.41, 5.74) is 6.46. The fraction of sp³-hybridized carbons (Fsp3) is 0.350. The molecule has 2 aromatic heterocycles. The SMILES string of the molecule is CO/N=C(/C(=O)N[C@H]1C(=O)N2C(C(=O)O)=C(CSc3nc(C)c(C(=O)O)s3)CC[C@@H]12)c1csc(N)n1. The molecule has 1 saturated heterocycles. The summed E-state index contributed by atoms with van der Waals surface area (Å²) in [6, 6.07) is -1.47. The van der Waals surface area contributed by atoms with Crippen LogP contribution in [0, 0.1) is 6.92 Å². The molecule has 2 aliphatic rings. The first-order chi connectivity index (χ1) is 17.1. The van der Waals surface area contributed by atoms with Gasteiger partial charge < -0.3 is 26.1 Å². The van der Waals surface area contributed by atoms with Gasteiger partial charge >= 0.3 is 11.9 Å². The average molecular weight is 553 g/mol. The van der Waals surface area contributed by atoms with Crippen LogP contribution >= 0.6 is 34.4 Å². The summed E-state index contributed by atoms with van der Waals surface area (Å²) in [7, 11) is 1.26. The molecule has 0 unspecified atom stereocenters. The number of rotatable bonds is 9. The number of carboxylic acid groups (broad SMARTS) is 2. The Morgan fingerprint density at radius 1 is 1.33 bits per heavy atom. The van der Waals surface area contributed by atoms with Crippen molar-refractivity contribution in [3.05, 3.63) is 32.9 Å². The molecule has 0 aliphatic carbocycles. The second-order valence-corrected chi connectivity index (χ2v) is 10.8. The van der Waals surface area contributed by atoms with Gasteiger partial charge in [0.25, 0.3) is 11.8 Å². The van der Waals surface area contributed by atoms with Gasteiger partial charge in [0.2, 0.25) is 0 Å². The van der Waals surface area contributed by atoms with E-state index in [9.17, 15) is 29.4 Å².